The Bertz CT molecular complexity index is 646. The van der Waals surface area contributed by atoms with Crippen LogP contribution in [-0.2, 0) is 14.8 Å². The van der Waals surface area contributed by atoms with Crippen molar-refractivity contribution in [1.82, 2.24) is 15.4 Å². The largest absolute Gasteiger partial charge is 0.383 e. The lowest BCUT2D eigenvalue weighted by molar-refractivity contribution is 0.0905. The summed E-state index contributed by atoms with van der Waals surface area (Å²) in [5.41, 5.74) is 0.411. The number of sulfonamides is 1. The van der Waals surface area contributed by atoms with Crippen LogP contribution >= 0.6 is 12.4 Å². The van der Waals surface area contributed by atoms with Gasteiger partial charge in [0.15, 0.2) is 0 Å². The zero-order valence-electron chi connectivity index (χ0n) is 14.4. The molecule has 0 radical (unpaired) electrons. The molecule has 1 saturated heterocycles. The minimum atomic E-state index is -3.56. The summed E-state index contributed by atoms with van der Waals surface area (Å²) in [6.07, 6.45) is 2.04. The van der Waals surface area contributed by atoms with Gasteiger partial charge >= 0.3 is 0 Å². The third-order valence-corrected chi connectivity index (χ3v) is 5.34. The van der Waals surface area contributed by atoms with E-state index >= 15 is 0 Å². The highest BCUT2D eigenvalue weighted by atomic mass is 35.5. The van der Waals surface area contributed by atoms with Gasteiger partial charge in [0.2, 0.25) is 10.0 Å². The molecular weight excluding hydrogens is 366 g/mol. The Labute approximate surface area is 155 Å². The highest BCUT2D eigenvalue weighted by molar-refractivity contribution is 7.89. The first-order chi connectivity index (χ1) is 11.4. The maximum absolute atomic E-state index is 12.3. The number of rotatable bonds is 8. The van der Waals surface area contributed by atoms with Crippen LogP contribution in [0, 0.1) is 0 Å². The number of ether oxygens (including phenoxy) is 1. The lowest BCUT2D eigenvalue weighted by Crippen LogP contribution is -2.37. The SMILES string of the molecule is COC[C@H](C)NC(=O)c1ccc(S(=O)(=O)NC[C@@H]2CCCN2)cc1.Cl. The normalized spacial score (nSPS) is 18.4. The Kier molecular flexibility index (Phi) is 8.81. The summed E-state index contributed by atoms with van der Waals surface area (Å²) >= 11 is 0. The lowest BCUT2D eigenvalue weighted by atomic mass is 10.2. The second kappa shape index (κ2) is 10.1. The molecule has 0 aliphatic carbocycles. The van der Waals surface area contributed by atoms with Gasteiger partial charge in [-0.2, -0.15) is 0 Å². The van der Waals surface area contributed by atoms with Crippen LogP contribution in [0.25, 0.3) is 0 Å². The van der Waals surface area contributed by atoms with Gasteiger partial charge < -0.3 is 15.4 Å². The first kappa shape index (κ1) is 21.9. The smallest absolute Gasteiger partial charge is 0.251 e. The van der Waals surface area contributed by atoms with Crippen LogP contribution in [0.3, 0.4) is 0 Å². The zero-order valence-corrected chi connectivity index (χ0v) is 16.1. The average molecular weight is 392 g/mol. The van der Waals surface area contributed by atoms with Crippen molar-refractivity contribution in [2.75, 3.05) is 26.8 Å². The van der Waals surface area contributed by atoms with Crippen molar-refractivity contribution in [3.05, 3.63) is 29.8 Å². The van der Waals surface area contributed by atoms with Crippen molar-refractivity contribution in [3.63, 3.8) is 0 Å². The summed E-state index contributed by atoms with van der Waals surface area (Å²) in [6, 6.07) is 5.98. The van der Waals surface area contributed by atoms with E-state index in [-0.39, 0.29) is 35.3 Å². The minimum absolute atomic E-state index is 0. The van der Waals surface area contributed by atoms with Gasteiger partial charge in [0.05, 0.1) is 11.5 Å². The van der Waals surface area contributed by atoms with Crippen molar-refractivity contribution < 1.29 is 17.9 Å². The second-order valence-corrected chi connectivity index (χ2v) is 7.77. The van der Waals surface area contributed by atoms with Crippen LogP contribution in [0.15, 0.2) is 29.2 Å². The van der Waals surface area contributed by atoms with E-state index < -0.39 is 10.0 Å². The standard InChI is InChI=1S/C16H25N3O4S.ClH/c1-12(11-23-2)19-16(20)13-5-7-15(8-6-13)24(21,22)18-10-14-4-3-9-17-14;/h5-8,12,14,17-18H,3-4,9-11H2,1-2H3,(H,19,20);1H/t12-,14-;/m0./s1. The number of halogens is 1. The molecule has 1 aliphatic rings. The van der Waals surface area contributed by atoms with Crippen LogP contribution in [-0.4, -0.2) is 53.2 Å². The van der Waals surface area contributed by atoms with Gasteiger partial charge in [0.25, 0.3) is 5.91 Å². The van der Waals surface area contributed by atoms with Crippen LogP contribution in [0.4, 0.5) is 0 Å². The summed E-state index contributed by atoms with van der Waals surface area (Å²) in [6.45, 7) is 3.55. The molecular formula is C16H26ClN3O4S. The van der Waals surface area contributed by atoms with Gasteiger partial charge in [0.1, 0.15) is 0 Å². The van der Waals surface area contributed by atoms with E-state index in [1.165, 1.54) is 24.3 Å². The van der Waals surface area contributed by atoms with E-state index in [0.717, 1.165) is 19.4 Å². The number of benzene rings is 1. The Balaban J connectivity index is 0.00000312. The molecule has 2 rings (SSSR count). The van der Waals surface area contributed by atoms with Gasteiger partial charge in [-0.25, -0.2) is 13.1 Å². The van der Waals surface area contributed by atoms with Crippen molar-refractivity contribution in [2.45, 2.75) is 36.7 Å². The molecule has 7 nitrogen and oxygen atoms in total. The van der Waals surface area contributed by atoms with Crippen molar-refractivity contribution in [1.29, 1.82) is 0 Å². The number of carbonyl (C=O) groups is 1. The first-order valence-electron chi connectivity index (χ1n) is 8.05. The first-order valence-corrected chi connectivity index (χ1v) is 9.53. The van der Waals surface area contributed by atoms with Gasteiger partial charge in [-0.3, -0.25) is 4.79 Å². The summed E-state index contributed by atoms with van der Waals surface area (Å²) in [5, 5.41) is 6.02. The van der Waals surface area contributed by atoms with Crippen LogP contribution < -0.4 is 15.4 Å². The molecule has 1 aliphatic heterocycles. The fraction of sp³-hybridized carbons (Fsp3) is 0.562. The van der Waals surface area contributed by atoms with Gasteiger partial charge in [0, 0.05) is 31.3 Å². The predicted molar refractivity (Wildman–Crippen MR) is 98.7 cm³/mol. The highest BCUT2D eigenvalue weighted by Gasteiger charge is 2.19. The van der Waals surface area contributed by atoms with Crippen LogP contribution in [0.5, 0.6) is 0 Å². The number of hydrogen-bond acceptors (Lipinski definition) is 5. The summed E-state index contributed by atoms with van der Waals surface area (Å²) in [4.78, 5) is 12.2. The molecule has 142 valence electrons. The molecule has 3 N–H and O–H groups in total. The Morgan fingerprint density at radius 3 is 2.60 bits per heavy atom. The fourth-order valence-electron chi connectivity index (χ4n) is 2.61. The molecule has 0 bridgehead atoms. The van der Waals surface area contributed by atoms with Crippen molar-refractivity contribution >= 4 is 28.3 Å². The third kappa shape index (κ3) is 6.56. The van der Waals surface area contributed by atoms with Crippen LogP contribution in [0.1, 0.15) is 30.1 Å². The topological polar surface area (TPSA) is 96.5 Å². The Hall–Kier alpha value is -1.19. The maximum atomic E-state index is 12.3. The number of hydrogen-bond donors (Lipinski definition) is 3. The molecule has 0 unspecified atom stereocenters. The van der Waals surface area contributed by atoms with Gasteiger partial charge in [-0.1, -0.05) is 0 Å². The predicted octanol–water partition coefficient (Wildman–Crippen LogP) is 0.903. The van der Waals surface area contributed by atoms with E-state index in [4.69, 9.17) is 4.74 Å². The summed E-state index contributed by atoms with van der Waals surface area (Å²) < 4.78 is 32.1. The molecule has 1 amide bonds. The molecule has 1 aromatic carbocycles. The van der Waals surface area contributed by atoms with Gasteiger partial charge in [-0.05, 0) is 50.6 Å². The molecule has 1 heterocycles. The number of nitrogens with one attached hydrogen (secondary N) is 3. The minimum Gasteiger partial charge on any atom is -0.383 e. The van der Waals surface area contributed by atoms with Crippen LogP contribution in [0.2, 0.25) is 0 Å². The average Bonchev–Trinajstić information content (AvgIpc) is 3.07. The molecule has 1 fully saturated rings. The second-order valence-electron chi connectivity index (χ2n) is 6.00. The summed E-state index contributed by atoms with van der Waals surface area (Å²) in [7, 11) is -2.00. The Morgan fingerprint density at radius 1 is 1.36 bits per heavy atom. The number of methoxy groups -OCH3 is 1. The molecule has 25 heavy (non-hydrogen) atoms. The lowest BCUT2D eigenvalue weighted by Gasteiger charge is -2.14. The van der Waals surface area contributed by atoms with E-state index in [0.29, 0.717) is 18.7 Å². The van der Waals surface area contributed by atoms with Gasteiger partial charge in [-0.15, -0.1) is 12.4 Å². The number of amides is 1. The van der Waals surface area contributed by atoms with Crippen molar-refractivity contribution in [2.24, 2.45) is 0 Å². The van der Waals surface area contributed by atoms with E-state index in [2.05, 4.69) is 15.4 Å². The zero-order chi connectivity index (χ0) is 17.6. The molecule has 0 aromatic heterocycles. The van der Waals surface area contributed by atoms with E-state index in [9.17, 15) is 13.2 Å². The molecule has 9 heteroatoms. The highest BCUT2D eigenvalue weighted by Crippen LogP contribution is 2.12. The maximum Gasteiger partial charge on any atom is 0.251 e. The van der Waals surface area contributed by atoms with E-state index in [1.807, 2.05) is 6.92 Å². The van der Waals surface area contributed by atoms with E-state index in [1.54, 1.807) is 7.11 Å². The van der Waals surface area contributed by atoms with Crippen molar-refractivity contribution in [3.8, 4) is 0 Å². The monoisotopic (exact) mass is 391 g/mol. The third-order valence-electron chi connectivity index (χ3n) is 3.90. The quantitative estimate of drug-likeness (QED) is 0.612. The Morgan fingerprint density at radius 2 is 2.04 bits per heavy atom. The molecule has 0 spiro atoms. The molecule has 2 atom stereocenters. The molecule has 1 aromatic rings. The molecule has 0 saturated carbocycles. The fourth-order valence-corrected chi connectivity index (χ4v) is 3.69. The number of carbonyl (C=O) groups excluding carboxylic acids is 1. The summed E-state index contributed by atoms with van der Waals surface area (Å²) in [5.74, 6) is -0.258.